The first-order chi connectivity index (χ1) is 12.6. The second kappa shape index (κ2) is 8.19. The highest BCUT2D eigenvalue weighted by Gasteiger charge is 2.21. The van der Waals surface area contributed by atoms with Crippen molar-refractivity contribution < 1.29 is 14.1 Å². The molecule has 0 atom stereocenters. The molecule has 0 bridgehead atoms. The van der Waals surface area contributed by atoms with E-state index in [-0.39, 0.29) is 5.91 Å². The van der Waals surface area contributed by atoms with E-state index in [2.05, 4.69) is 10.1 Å². The number of nitrogens with zero attached hydrogens (tertiary/aromatic N) is 3. The molecule has 6 nitrogen and oxygen atoms in total. The maximum atomic E-state index is 12.4. The number of carbonyl (C=O) groups is 1. The van der Waals surface area contributed by atoms with Gasteiger partial charge in [-0.15, -0.1) is 0 Å². The molecule has 0 unspecified atom stereocenters. The summed E-state index contributed by atoms with van der Waals surface area (Å²) >= 11 is 0. The quantitative estimate of drug-likeness (QED) is 0.772. The van der Waals surface area contributed by atoms with Gasteiger partial charge >= 0.3 is 0 Å². The molecule has 0 N–H and O–H groups in total. The average molecular weight is 355 g/mol. The summed E-state index contributed by atoms with van der Waals surface area (Å²) < 4.78 is 10.4. The maximum absolute atomic E-state index is 12.4. The highest BCUT2D eigenvalue weighted by Crippen LogP contribution is 2.17. The summed E-state index contributed by atoms with van der Waals surface area (Å²) in [6, 6.07) is 7.66. The predicted molar refractivity (Wildman–Crippen MR) is 99.9 cm³/mol. The fourth-order valence-corrected chi connectivity index (χ4v) is 3.10. The van der Waals surface area contributed by atoms with Crippen LogP contribution in [-0.4, -0.2) is 54.2 Å². The number of aromatic nitrogens is 1. The number of benzene rings is 1. The van der Waals surface area contributed by atoms with Gasteiger partial charge in [0.15, 0.2) is 0 Å². The smallest absolute Gasteiger partial charge is 0.246 e. The van der Waals surface area contributed by atoms with E-state index < -0.39 is 0 Å². The van der Waals surface area contributed by atoms with E-state index >= 15 is 0 Å². The van der Waals surface area contributed by atoms with Gasteiger partial charge in [-0.25, -0.2) is 0 Å². The van der Waals surface area contributed by atoms with Crippen LogP contribution in [0.2, 0.25) is 0 Å². The molecule has 2 heterocycles. The molecule has 1 aliphatic heterocycles. The Labute approximate surface area is 154 Å². The Morgan fingerprint density at radius 3 is 2.69 bits per heavy atom. The second-order valence-corrected chi connectivity index (χ2v) is 6.51. The lowest BCUT2D eigenvalue weighted by Crippen LogP contribution is -2.47. The minimum Gasteiger partial charge on any atom is -0.497 e. The van der Waals surface area contributed by atoms with Crippen LogP contribution in [0.4, 0.5) is 0 Å². The summed E-state index contributed by atoms with van der Waals surface area (Å²) in [6.45, 7) is 7.89. The first kappa shape index (κ1) is 18.2. The van der Waals surface area contributed by atoms with E-state index in [9.17, 15) is 4.79 Å². The number of amides is 1. The molecular weight excluding hydrogens is 330 g/mol. The summed E-state index contributed by atoms with van der Waals surface area (Å²) in [5, 5.41) is 4.01. The number of aryl methyl sites for hydroxylation is 2. The lowest BCUT2D eigenvalue weighted by atomic mass is 10.1. The van der Waals surface area contributed by atoms with Crippen molar-refractivity contribution in [3.8, 4) is 5.75 Å². The minimum atomic E-state index is 0.0461. The van der Waals surface area contributed by atoms with Gasteiger partial charge < -0.3 is 14.2 Å². The van der Waals surface area contributed by atoms with Crippen molar-refractivity contribution in [1.82, 2.24) is 15.0 Å². The third kappa shape index (κ3) is 4.32. The van der Waals surface area contributed by atoms with Crippen LogP contribution < -0.4 is 4.74 Å². The van der Waals surface area contributed by atoms with Crippen molar-refractivity contribution in [3.05, 3.63) is 52.9 Å². The first-order valence-corrected chi connectivity index (χ1v) is 8.82. The zero-order valence-corrected chi connectivity index (χ0v) is 15.6. The molecule has 0 spiro atoms. The fourth-order valence-electron chi connectivity index (χ4n) is 3.10. The first-order valence-electron chi connectivity index (χ1n) is 8.82. The van der Waals surface area contributed by atoms with Crippen LogP contribution in [0.25, 0.3) is 6.08 Å². The Morgan fingerprint density at radius 1 is 1.27 bits per heavy atom. The maximum Gasteiger partial charge on any atom is 0.246 e. The Morgan fingerprint density at radius 2 is 2.04 bits per heavy atom. The minimum absolute atomic E-state index is 0.0461. The van der Waals surface area contributed by atoms with Gasteiger partial charge in [-0.1, -0.05) is 17.3 Å². The summed E-state index contributed by atoms with van der Waals surface area (Å²) in [4.78, 5) is 16.6. The summed E-state index contributed by atoms with van der Waals surface area (Å²) in [7, 11) is 1.63. The van der Waals surface area contributed by atoms with Gasteiger partial charge in [-0.3, -0.25) is 9.69 Å². The van der Waals surface area contributed by atoms with Crippen LogP contribution in [0.15, 0.2) is 34.9 Å². The van der Waals surface area contributed by atoms with Crippen molar-refractivity contribution in [2.45, 2.75) is 20.4 Å². The van der Waals surface area contributed by atoms with E-state index in [1.807, 2.05) is 49.1 Å². The molecule has 138 valence electrons. The molecule has 2 aromatic rings. The van der Waals surface area contributed by atoms with E-state index in [1.165, 1.54) is 0 Å². The van der Waals surface area contributed by atoms with Crippen LogP contribution in [0, 0.1) is 13.8 Å². The van der Waals surface area contributed by atoms with E-state index in [0.717, 1.165) is 61.1 Å². The van der Waals surface area contributed by atoms with Gasteiger partial charge in [0.1, 0.15) is 11.5 Å². The zero-order valence-electron chi connectivity index (χ0n) is 15.6. The highest BCUT2D eigenvalue weighted by atomic mass is 16.5. The van der Waals surface area contributed by atoms with Crippen LogP contribution in [0.3, 0.4) is 0 Å². The van der Waals surface area contributed by atoms with Gasteiger partial charge in [0.2, 0.25) is 5.91 Å². The molecule has 26 heavy (non-hydrogen) atoms. The van der Waals surface area contributed by atoms with Gasteiger partial charge in [0, 0.05) is 44.4 Å². The Bertz CT molecular complexity index is 770. The number of hydrogen-bond acceptors (Lipinski definition) is 5. The standard InChI is InChI=1S/C20H25N3O3/c1-15-19(16(2)26-21-15)14-22-9-11-23(12-10-22)20(24)8-7-17-5-4-6-18(13-17)25-3/h4-8,13H,9-12,14H2,1-3H3/b8-7+. The monoisotopic (exact) mass is 355 g/mol. The molecular formula is C20H25N3O3. The Kier molecular flexibility index (Phi) is 5.73. The molecule has 1 saturated heterocycles. The van der Waals surface area contributed by atoms with Gasteiger partial charge in [-0.2, -0.15) is 0 Å². The molecule has 1 fully saturated rings. The van der Waals surface area contributed by atoms with Crippen molar-refractivity contribution in [1.29, 1.82) is 0 Å². The van der Waals surface area contributed by atoms with Gasteiger partial charge in [0.05, 0.1) is 12.8 Å². The van der Waals surface area contributed by atoms with Crippen LogP contribution in [0.1, 0.15) is 22.6 Å². The summed E-state index contributed by atoms with van der Waals surface area (Å²) in [5.41, 5.74) is 3.06. The van der Waals surface area contributed by atoms with Crippen molar-refractivity contribution in [2.24, 2.45) is 0 Å². The van der Waals surface area contributed by atoms with Gasteiger partial charge in [0.25, 0.3) is 0 Å². The molecule has 0 radical (unpaired) electrons. The number of piperazine rings is 1. The van der Waals surface area contributed by atoms with Gasteiger partial charge in [-0.05, 0) is 37.6 Å². The van der Waals surface area contributed by atoms with Crippen LogP contribution >= 0.6 is 0 Å². The topological polar surface area (TPSA) is 58.8 Å². The SMILES string of the molecule is COc1cccc(/C=C/C(=O)N2CCN(Cc3c(C)noc3C)CC2)c1. The van der Waals surface area contributed by atoms with Crippen molar-refractivity contribution >= 4 is 12.0 Å². The third-order valence-electron chi connectivity index (χ3n) is 4.76. The molecule has 3 rings (SSSR count). The van der Waals surface area contributed by atoms with Crippen molar-refractivity contribution in [2.75, 3.05) is 33.3 Å². The van der Waals surface area contributed by atoms with E-state index in [4.69, 9.17) is 9.26 Å². The number of carbonyl (C=O) groups excluding carboxylic acids is 1. The summed E-state index contributed by atoms with van der Waals surface area (Å²) in [5.74, 6) is 1.71. The second-order valence-electron chi connectivity index (χ2n) is 6.51. The molecule has 0 aliphatic carbocycles. The third-order valence-corrected chi connectivity index (χ3v) is 4.76. The predicted octanol–water partition coefficient (Wildman–Crippen LogP) is 2.66. The number of rotatable bonds is 5. The fraction of sp³-hybridized carbons (Fsp3) is 0.400. The van der Waals surface area contributed by atoms with Crippen LogP contribution in [-0.2, 0) is 11.3 Å². The zero-order chi connectivity index (χ0) is 18.5. The molecule has 1 amide bonds. The number of hydrogen-bond donors (Lipinski definition) is 0. The van der Waals surface area contributed by atoms with Crippen molar-refractivity contribution in [3.63, 3.8) is 0 Å². The Hall–Kier alpha value is -2.60. The molecule has 6 heteroatoms. The largest absolute Gasteiger partial charge is 0.497 e. The lowest BCUT2D eigenvalue weighted by Gasteiger charge is -2.34. The molecule has 1 aromatic heterocycles. The number of methoxy groups -OCH3 is 1. The molecule has 0 saturated carbocycles. The normalized spacial score (nSPS) is 15.6. The van der Waals surface area contributed by atoms with Crippen LogP contribution in [0.5, 0.6) is 5.75 Å². The molecule has 1 aromatic carbocycles. The lowest BCUT2D eigenvalue weighted by molar-refractivity contribution is -0.127. The average Bonchev–Trinajstić information content (AvgIpc) is 2.99. The highest BCUT2D eigenvalue weighted by molar-refractivity contribution is 5.91. The van der Waals surface area contributed by atoms with E-state index in [0.29, 0.717) is 0 Å². The van der Waals surface area contributed by atoms with E-state index in [1.54, 1.807) is 13.2 Å². The molecule has 1 aliphatic rings. The number of ether oxygens (including phenoxy) is 1. The Balaban J connectivity index is 1.52. The summed E-state index contributed by atoms with van der Waals surface area (Å²) in [6.07, 6.45) is 3.47.